The molecule has 2 aromatic carbocycles. The van der Waals surface area contributed by atoms with Crippen molar-refractivity contribution in [3.8, 4) is 0 Å². The van der Waals surface area contributed by atoms with Crippen LogP contribution in [0.4, 0.5) is 0 Å². The van der Waals surface area contributed by atoms with Crippen molar-refractivity contribution in [3.05, 3.63) is 70.2 Å². The van der Waals surface area contributed by atoms with Gasteiger partial charge in [-0.2, -0.15) is 0 Å². The second-order valence-corrected chi connectivity index (χ2v) is 6.38. The minimum atomic E-state index is -0.728. The Morgan fingerprint density at radius 2 is 1.90 bits per heavy atom. The average Bonchev–Trinajstić information content (AvgIpc) is 2.73. The van der Waals surface area contributed by atoms with Gasteiger partial charge in [-0.25, -0.2) is 0 Å². The van der Waals surface area contributed by atoms with Gasteiger partial charge in [-0.3, -0.25) is 0 Å². The van der Waals surface area contributed by atoms with Gasteiger partial charge in [0, 0.05) is 11.1 Å². The summed E-state index contributed by atoms with van der Waals surface area (Å²) in [5.41, 5.74) is 2.81. The van der Waals surface area contributed by atoms with Crippen LogP contribution in [-0.4, -0.2) is 11.7 Å². The van der Waals surface area contributed by atoms with Gasteiger partial charge in [-0.15, -0.1) is 0 Å². The molecule has 3 heteroatoms. The van der Waals surface area contributed by atoms with Crippen LogP contribution in [0.2, 0.25) is 5.02 Å². The van der Waals surface area contributed by atoms with Crippen molar-refractivity contribution < 1.29 is 5.11 Å². The normalized spacial score (nSPS) is 24.0. The van der Waals surface area contributed by atoms with Crippen LogP contribution in [0, 0.1) is 0 Å². The van der Waals surface area contributed by atoms with Crippen LogP contribution in [-0.2, 0) is 12.0 Å². The Morgan fingerprint density at radius 3 is 2.67 bits per heavy atom. The van der Waals surface area contributed by atoms with Gasteiger partial charge in [0.05, 0.1) is 5.60 Å². The molecule has 0 radical (unpaired) electrons. The van der Waals surface area contributed by atoms with Crippen LogP contribution in [0.25, 0.3) is 0 Å². The topological polar surface area (TPSA) is 32.3 Å². The summed E-state index contributed by atoms with van der Waals surface area (Å²) in [4.78, 5) is 0. The van der Waals surface area contributed by atoms with E-state index in [0.29, 0.717) is 0 Å². The van der Waals surface area contributed by atoms with Crippen LogP contribution in [0.5, 0.6) is 0 Å². The Morgan fingerprint density at radius 1 is 1.19 bits per heavy atom. The standard InChI is InChI=1S/C18H20ClNO/c1-18(21)12-17(15-4-2-3-5-16(15)18)20-11-10-13-6-8-14(19)9-7-13/h2-9,17,20-21H,10-12H2,1H3. The van der Waals surface area contributed by atoms with Gasteiger partial charge in [0.2, 0.25) is 0 Å². The first-order chi connectivity index (χ1) is 10.1. The highest BCUT2D eigenvalue weighted by atomic mass is 35.5. The minimum Gasteiger partial charge on any atom is -0.385 e. The van der Waals surface area contributed by atoms with E-state index in [-0.39, 0.29) is 6.04 Å². The highest BCUT2D eigenvalue weighted by molar-refractivity contribution is 6.30. The number of rotatable bonds is 4. The summed E-state index contributed by atoms with van der Waals surface area (Å²) < 4.78 is 0. The second kappa shape index (κ2) is 5.80. The maximum atomic E-state index is 10.5. The number of hydrogen-bond donors (Lipinski definition) is 2. The fourth-order valence-corrected chi connectivity index (χ4v) is 3.26. The molecule has 0 saturated heterocycles. The number of benzene rings is 2. The van der Waals surface area contributed by atoms with Gasteiger partial charge < -0.3 is 10.4 Å². The SMILES string of the molecule is CC1(O)CC(NCCc2ccc(Cl)cc2)c2ccccc21. The summed E-state index contributed by atoms with van der Waals surface area (Å²) in [5.74, 6) is 0. The van der Waals surface area contributed by atoms with Crippen LogP contribution >= 0.6 is 11.6 Å². The molecule has 0 fully saturated rings. The van der Waals surface area contributed by atoms with Gasteiger partial charge in [-0.1, -0.05) is 48.0 Å². The molecule has 0 heterocycles. The molecule has 0 aromatic heterocycles. The smallest absolute Gasteiger partial charge is 0.0889 e. The fraction of sp³-hybridized carbons (Fsp3) is 0.333. The monoisotopic (exact) mass is 301 g/mol. The summed E-state index contributed by atoms with van der Waals surface area (Å²) in [6, 6.07) is 16.3. The third-order valence-corrected chi connectivity index (χ3v) is 4.49. The Kier molecular flexibility index (Phi) is 4.03. The summed E-state index contributed by atoms with van der Waals surface area (Å²) in [6.45, 7) is 2.78. The number of aliphatic hydroxyl groups is 1. The predicted octanol–water partition coefficient (Wildman–Crippen LogP) is 3.82. The lowest BCUT2D eigenvalue weighted by Gasteiger charge is -2.18. The molecule has 2 aromatic rings. The molecule has 2 nitrogen and oxygen atoms in total. The van der Waals surface area contributed by atoms with E-state index in [4.69, 9.17) is 11.6 Å². The molecule has 0 spiro atoms. The van der Waals surface area contributed by atoms with Gasteiger partial charge >= 0.3 is 0 Å². The largest absolute Gasteiger partial charge is 0.385 e. The van der Waals surface area contributed by atoms with Crippen LogP contribution in [0.3, 0.4) is 0 Å². The fourth-order valence-electron chi connectivity index (χ4n) is 3.13. The molecule has 1 aliphatic carbocycles. The molecule has 110 valence electrons. The van der Waals surface area contributed by atoms with Crippen molar-refractivity contribution in [2.75, 3.05) is 6.54 Å². The molecule has 2 unspecified atom stereocenters. The lowest BCUT2D eigenvalue weighted by molar-refractivity contribution is 0.0515. The first-order valence-electron chi connectivity index (χ1n) is 7.36. The van der Waals surface area contributed by atoms with E-state index in [0.717, 1.165) is 30.0 Å². The molecule has 0 aliphatic heterocycles. The lowest BCUT2D eigenvalue weighted by Crippen LogP contribution is -2.24. The summed E-state index contributed by atoms with van der Waals surface area (Å²) in [6.07, 6.45) is 1.69. The summed E-state index contributed by atoms with van der Waals surface area (Å²) >= 11 is 5.89. The Labute approximate surface area is 130 Å². The molecule has 1 aliphatic rings. The van der Waals surface area contributed by atoms with E-state index in [1.165, 1.54) is 11.1 Å². The highest BCUT2D eigenvalue weighted by Gasteiger charge is 2.37. The van der Waals surface area contributed by atoms with Gasteiger partial charge in [0.1, 0.15) is 0 Å². The zero-order valence-corrected chi connectivity index (χ0v) is 12.9. The van der Waals surface area contributed by atoms with Gasteiger partial charge in [0.15, 0.2) is 0 Å². The van der Waals surface area contributed by atoms with Crippen molar-refractivity contribution in [1.29, 1.82) is 0 Å². The number of nitrogens with one attached hydrogen (secondary N) is 1. The maximum absolute atomic E-state index is 10.5. The van der Waals surface area contributed by atoms with Crippen molar-refractivity contribution >= 4 is 11.6 Å². The van der Waals surface area contributed by atoms with Crippen molar-refractivity contribution in [2.45, 2.75) is 31.4 Å². The number of fused-ring (bicyclic) bond motifs is 1. The molecule has 3 rings (SSSR count). The average molecular weight is 302 g/mol. The molecular formula is C18H20ClNO. The van der Waals surface area contributed by atoms with Crippen LogP contribution in [0.15, 0.2) is 48.5 Å². The Bertz CT molecular complexity index is 621. The van der Waals surface area contributed by atoms with Gasteiger partial charge in [0.25, 0.3) is 0 Å². The van der Waals surface area contributed by atoms with Crippen molar-refractivity contribution in [3.63, 3.8) is 0 Å². The predicted molar refractivity (Wildman–Crippen MR) is 86.5 cm³/mol. The number of halogens is 1. The number of hydrogen-bond acceptors (Lipinski definition) is 2. The molecule has 2 N–H and O–H groups in total. The van der Waals surface area contributed by atoms with E-state index >= 15 is 0 Å². The Balaban J connectivity index is 1.63. The molecule has 21 heavy (non-hydrogen) atoms. The summed E-state index contributed by atoms with van der Waals surface area (Å²) in [7, 11) is 0. The Hall–Kier alpha value is -1.35. The second-order valence-electron chi connectivity index (χ2n) is 5.95. The third kappa shape index (κ3) is 3.13. The quantitative estimate of drug-likeness (QED) is 0.899. The minimum absolute atomic E-state index is 0.225. The first-order valence-corrected chi connectivity index (χ1v) is 7.74. The van der Waals surface area contributed by atoms with Crippen molar-refractivity contribution in [1.82, 2.24) is 5.32 Å². The zero-order valence-electron chi connectivity index (χ0n) is 12.1. The van der Waals surface area contributed by atoms with Gasteiger partial charge in [-0.05, 0) is 55.1 Å². The van der Waals surface area contributed by atoms with E-state index in [2.05, 4.69) is 23.5 Å². The van der Waals surface area contributed by atoms with E-state index < -0.39 is 5.60 Å². The molecule has 0 amide bonds. The zero-order chi connectivity index (χ0) is 14.9. The van der Waals surface area contributed by atoms with E-state index in [1.807, 2.05) is 37.3 Å². The van der Waals surface area contributed by atoms with E-state index in [1.54, 1.807) is 0 Å². The molecule has 0 bridgehead atoms. The van der Waals surface area contributed by atoms with Crippen molar-refractivity contribution in [2.24, 2.45) is 0 Å². The van der Waals surface area contributed by atoms with Crippen LogP contribution in [0.1, 0.15) is 36.1 Å². The third-order valence-electron chi connectivity index (χ3n) is 4.24. The molecule has 2 atom stereocenters. The lowest BCUT2D eigenvalue weighted by atomic mass is 9.99. The highest BCUT2D eigenvalue weighted by Crippen LogP contribution is 2.42. The summed E-state index contributed by atoms with van der Waals surface area (Å²) in [5, 5.41) is 14.8. The van der Waals surface area contributed by atoms with E-state index in [9.17, 15) is 5.11 Å². The van der Waals surface area contributed by atoms with Crippen LogP contribution < -0.4 is 5.32 Å². The first kappa shape index (κ1) is 14.6. The molecule has 0 saturated carbocycles. The maximum Gasteiger partial charge on any atom is 0.0889 e. The molecular weight excluding hydrogens is 282 g/mol.